The Bertz CT molecular complexity index is 756. The van der Waals surface area contributed by atoms with Crippen molar-refractivity contribution in [3.63, 3.8) is 0 Å². The molecule has 138 valence electrons. The Hall–Kier alpha value is -2.14. The second-order valence-electron chi connectivity index (χ2n) is 6.71. The second-order valence-corrected chi connectivity index (χ2v) is 7.84. The summed E-state index contributed by atoms with van der Waals surface area (Å²) in [6.07, 6.45) is 5.78. The van der Waals surface area contributed by atoms with Crippen molar-refractivity contribution in [2.45, 2.75) is 58.5 Å². The van der Waals surface area contributed by atoms with E-state index in [9.17, 15) is 9.59 Å². The van der Waals surface area contributed by atoms with Crippen molar-refractivity contribution >= 4 is 28.9 Å². The molecule has 0 fully saturated rings. The molecule has 0 saturated carbocycles. The van der Waals surface area contributed by atoms with Crippen molar-refractivity contribution in [2.75, 3.05) is 5.32 Å². The monoisotopic (exact) mass is 371 g/mol. The molecule has 1 amide bonds. The minimum Gasteiger partial charge on any atom is -0.448 e. The molecule has 1 aromatic heterocycles. The number of aryl methyl sites for hydroxylation is 3. The summed E-state index contributed by atoms with van der Waals surface area (Å²) in [6.45, 7) is 3.69. The van der Waals surface area contributed by atoms with Crippen LogP contribution in [0.25, 0.3) is 0 Å². The summed E-state index contributed by atoms with van der Waals surface area (Å²) in [5, 5.41) is 2.79. The van der Waals surface area contributed by atoms with Gasteiger partial charge >= 0.3 is 5.97 Å². The number of benzene rings is 1. The van der Waals surface area contributed by atoms with E-state index < -0.39 is 12.1 Å². The summed E-state index contributed by atoms with van der Waals surface area (Å²) in [5.74, 6) is -0.729. The van der Waals surface area contributed by atoms with Crippen LogP contribution in [0.3, 0.4) is 0 Å². The number of rotatable bonds is 5. The summed E-state index contributed by atoms with van der Waals surface area (Å²) in [6, 6.07) is 9.63. The van der Waals surface area contributed by atoms with E-state index in [2.05, 4.69) is 12.2 Å². The number of nitrogens with one attached hydrogen (secondary N) is 1. The average molecular weight is 372 g/mol. The summed E-state index contributed by atoms with van der Waals surface area (Å²) >= 11 is 1.51. The van der Waals surface area contributed by atoms with E-state index in [4.69, 9.17) is 4.74 Å². The molecular weight excluding hydrogens is 346 g/mol. The van der Waals surface area contributed by atoms with E-state index in [1.165, 1.54) is 46.6 Å². The van der Waals surface area contributed by atoms with Crippen molar-refractivity contribution in [2.24, 2.45) is 0 Å². The molecule has 1 N–H and O–H groups in total. The van der Waals surface area contributed by atoms with Gasteiger partial charge in [-0.2, -0.15) is 0 Å². The summed E-state index contributed by atoms with van der Waals surface area (Å²) in [5.41, 5.74) is 3.19. The SMILES string of the molecule is CCc1ccc(NC(=O)[C@H](C)OC(=O)c2cc3c(s2)CCCCC3)cc1. The lowest BCUT2D eigenvalue weighted by Crippen LogP contribution is -2.29. The second kappa shape index (κ2) is 8.49. The van der Waals surface area contributed by atoms with E-state index in [-0.39, 0.29) is 5.91 Å². The molecule has 0 saturated heterocycles. The predicted molar refractivity (Wildman–Crippen MR) is 105 cm³/mol. The van der Waals surface area contributed by atoms with Crippen LogP contribution < -0.4 is 5.32 Å². The Morgan fingerprint density at radius 2 is 1.88 bits per heavy atom. The highest BCUT2D eigenvalue weighted by Crippen LogP contribution is 2.29. The normalized spacial score (nSPS) is 14.8. The van der Waals surface area contributed by atoms with Crippen LogP contribution in [0.4, 0.5) is 5.69 Å². The van der Waals surface area contributed by atoms with Gasteiger partial charge in [0.05, 0.1) is 0 Å². The number of amides is 1. The Kier molecular flexibility index (Phi) is 6.09. The van der Waals surface area contributed by atoms with Crippen LogP contribution in [-0.4, -0.2) is 18.0 Å². The Balaban J connectivity index is 1.58. The van der Waals surface area contributed by atoms with Gasteiger partial charge in [0.25, 0.3) is 5.91 Å². The maximum atomic E-state index is 12.4. The molecule has 26 heavy (non-hydrogen) atoms. The molecule has 1 aliphatic rings. The first kappa shape index (κ1) is 18.6. The number of fused-ring (bicyclic) bond motifs is 1. The molecule has 2 aromatic rings. The number of carbonyl (C=O) groups is 2. The van der Waals surface area contributed by atoms with E-state index in [1.807, 2.05) is 30.3 Å². The van der Waals surface area contributed by atoms with E-state index in [0.29, 0.717) is 10.6 Å². The first-order valence-electron chi connectivity index (χ1n) is 9.29. The smallest absolute Gasteiger partial charge is 0.349 e. The van der Waals surface area contributed by atoms with Gasteiger partial charge in [-0.1, -0.05) is 25.5 Å². The lowest BCUT2D eigenvalue weighted by molar-refractivity contribution is -0.123. The molecule has 0 bridgehead atoms. The molecule has 3 rings (SSSR count). The Labute approximate surface area is 158 Å². The molecule has 1 aromatic carbocycles. The van der Waals surface area contributed by atoms with Gasteiger partial charge < -0.3 is 10.1 Å². The molecule has 1 aliphatic carbocycles. The fourth-order valence-corrected chi connectivity index (χ4v) is 4.24. The number of carbonyl (C=O) groups excluding carboxylic acids is 2. The maximum Gasteiger partial charge on any atom is 0.349 e. The highest BCUT2D eigenvalue weighted by molar-refractivity contribution is 7.14. The van der Waals surface area contributed by atoms with Crippen LogP contribution in [0.2, 0.25) is 0 Å². The van der Waals surface area contributed by atoms with Gasteiger partial charge in [-0.25, -0.2) is 4.79 Å². The predicted octanol–water partition coefficient (Wildman–Crippen LogP) is 4.76. The van der Waals surface area contributed by atoms with Crippen LogP contribution in [0.1, 0.15) is 58.8 Å². The van der Waals surface area contributed by atoms with E-state index in [1.54, 1.807) is 6.92 Å². The maximum absolute atomic E-state index is 12.4. The summed E-state index contributed by atoms with van der Waals surface area (Å²) in [7, 11) is 0. The molecule has 5 heteroatoms. The van der Waals surface area contributed by atoms with Gasteiger partial charge in [-0.05, 0) is 68.4 Å². The number of hydrogen-bond acceptors (Lipinski definition) is 4. The minimum atomic E-state index is -0.838. The summed E-state index contributed by atoms with van der Waals surface area (Å²) in [4.78, 5) is 26.6. The molecule has 0 unspecified atom stereocenters. The van der Waals surface area contributed by atoms with Crippen LogP contribution in [0, 0.1) is 0 Å². The average Bonchev–Trinajstić information content (AvgIpc) is 2.93. The molecular formula is C21H25NO3S. The fraction of sp³-hybridized carbons (Fsp3) is 0.429. The van der Waals surface area contributed by atoms with E-state index in [0.717, 1.165) is 19.3 Å². The zero-order valence-electron chi connectivity index (χ0n) is 15.3. The zero-order chi connectivity index (χ0) is 18.5. The number of hydrogen-bond donors (Lipinski definition) is 1. The molecule has 1 atom stereocenters. The molecule has 0 aliphatic heterocycles. The van der Waals surface area contributed by atoms with Gasteiger partial charge in [0.2, 0.25) is 0 Å². The zero-order valence-corrected chi connectivity index (χ0v) is 16.2. The largest absolute Gasteiger partial charge is 0.448 e. The van der Waals surface area contributed by atoms with Crippen molar-refractivity contribution in [1.82, 2.24) is 0 Å². The molecule has 1 heterocycles. The third-order valence-electron chi connectivity index (χ3n) is 4.73. The van der Waals surface area contributed by atoms with Gasteiger partial charge in [0, 0.05) is 10.6 Å². The molecule has 0 radical (unpaired) electrons. The van der Waals surface area contributed by atoms with Crippen LogP contribution >= 0.6 is 11.3 Å². The van der Waals surface area contributed by atoms with Crippen molar-refractivity contribution in [3.05, 3.63) is 51.2 Å². The van der Waals surface area contributed by atoms with Gasteiger partial charge in [-0.15, -0.1) is 11.3 Å². The third-order valence-corrected chi connectivity index (χ3v) is 5.95. The Morgan fingerprint density at radius 3 is 2.62 bits per heavy atom. The fourth-order valence-electron chi connectivity index (χ4n) is 3.11. The molecule has 4 nitrogen and oxygen atoms in total. The minimum absolute atomic E-state index is 0.319. The lowest BCUT2D eigenvalue weighted by atomic mass is 10.1. The van der Waals surface area contributed by atoms with E-state index >= 15 is 0 Å². The van der Waals surface area contributed by atoms with Crippen molar-refractivity contribution in [1.29, 1.82) is 0 Å². The quantitative estimate of drug-likeness (QED) is 0.609. The number of ether oxygens (including phenoxy) is 1. The van der Waals surface area contributed by atoms with Crippen LogP contribution in [-0.2, 0) is 28.8 Å². The third kappa shape index (κ3) is 4.52. The van der Waals surface area contributed by atoms with Gasteiger partial charge in [-0.3, -0.25) is 4.79 Å². The Morgan fingerprint density at radius 1 is 1.15 bits per heavy atom. The van der Waals surface area contributed by atoms with Crippen LogP contribution in [0.15, 0.2) is 30.3 Å². The highest BCUT2D eigenvalue weighted by Gasteiger charge is 2.22. The first-order valence-corrected chi connectivity index (χ1v) is 10.1. The van der Waals surface area contributed by atoms with Crippen molar-refractivity contribution < 1.29 is 14.3 Å². The van der Waals surface area contributed by atoms with Crippen molar-refractivity contribution in [3.8, 4) is 0 Å². The standard InChI is InChI=1S/C21H25NO3S/c1-3-15-9-11-17(12-10-15)22-20(23)14(2)25-21(24)19-13-16-7-5-4-6-8-18(16)26-19/h9-14H,3-8H2,1-2H3,(H,22,23)/t14-/m0/s1. The summed E-state index contributed by atoms with van der Waals surface area (Å²) < 4.78 is 5.38. The van der Waals surface area contributed by atoms with Crippen LogP contribution in [0.5, 0.6) is 0 Å². The highest BCUT2D eigenvalue weighted by atomic mass is 32.1. The molecule has 0 spiro atoms. The number of thiophene rings is 1. The van der Waals surface area contributed by atoms with Gasteiger partial charge in [0.15, 0.2) is 6.10 Å². The number of anilines is 1. The topological polar surface area (TPSA) is 55.4 Å². The van der Waals surface area contributed by atoms with Gasteiger partial charge in [0.1, 0.15) is 4.88 Å². The number of esters is 1. The first-order chi connectivity index (χ1) is 12.6. The lowest BCUT2D eigenvalue weighted by Gasteiger charge is -2.13.